The molecule has 2 aromatic carbocycles. The first-order valence-corrected chi connectivity index (χ1v) is 8.16. The first-order valence-electron chi connectivity index (χ1n) is 8.16. The number of nitrogens with one attached hydrogen (secondary N) is 1. The molecule has 134 valence electrons. The summed E-state index contributed by atoms with van der Waals surface area (Å²) in [5.74, 6) is 2.27. The number of rotatable bonds is 7. The second-order valence-electron chi connectivity index (χ2n) is 5.52. The van der Waals surface area contributed by atoms with Crippen molar-refractivity contribution in [2.24, 2.45) is 0 Å². The molecule has 6 heteroatoms. The van der Waals surface area contributed by atoms with Gasteiger partial charge in [-0.3, -0.25) is 0 Å². The second kappa shape index (κ2) is 8.20. The molecule has 6 nitrogen and oxygen atoms in total. The van der Waals surface area contributed by atoms with E-state index in [-0.39, 0.29) is 0 Å². The van der Waals surface area contributed by atoms with Crippen LogP contribution in [0.1, 0.15) is 5.56 Å². The lowest BCUT2D eigenvalue weighted by atomic mass is 10.1. The van der Waals surface area contributed by atoms with E-state index in [1.54, 1.807) is 27.5 Å². The Bertz CT molecular complexity index is 844. The van der Waals surface area contributed by atoms with Gasteiger partial charge in [0, 0.05) is 18.3 Å². The highest BCUT2D eigenvalue weighted by molar-refractivity contribution is 5.69. The minimum Gasteiger partial charge on any atom is -0.493 e. The van der Waals surface area contributed by atoms with Gasteiger partial charge in [0.2, 0.25) is 11.7 Å². The van der Waals surface area contributed by atoms with E-state index in [1.165, 1.54) is 0 Å². The van der Waals surface area contributed by atoms with Gasteiger partial charge in [0.25, 0.3) is 0 Å². The molecule has 26 heavy (non-hydrogen) atoms. The Hall–Kier alpha value is -3.28. The van der Waals surface area contributed by atoms with Crippen LogP contribution in [0.3, 0.4) is 0 Å². The molecule has 0 radical (unpaired) electrons. The molecule has 3 aromatic rings. The highest BCUT2D eigenvalue weighted by Gasteiger charge is 2.15. The molecule has 0 spiro atoms. The third-order valence-electron chi connectivity index (χ3n) is 3.91. The highest BCUT2D eigenvalue weighted by atomic mass is 16.5. The van der Waals surface area contributed by atoms with Crippen molar-refractivity contribution < 1.29 is 14.2 Å². The van der Waals surface area contributed by atoms with E-state index in [9.17, 15) is 0 Å². The van der Waals surface area contributed by atoms with Crippen molar-refractivity contribution in [2.75, 3.05) is 26.6 Å². The topological polar surface area (TPSA) is 65.5 Å². The van der Waals surface area contributed by atoms with Gasteiger partial charge in [-0.1, -0.05) is 30.3 Å². The zero-order chi connectivity index (χ0) is 18.4. The number of nitrogens with zero attached hydrogens (tertiary/aromatic N) is 2. The minimum atomic E-state index is 0.551. The Morgan fingerprint density at radius 1 is 0.885 bits per heavy atom. The first kappa shape index (κ1) is 17.5. The maximum Gasteiger partial charge on any atom is 0.223 e. The van der Waals surface area contributed by atoms with Crippen LogP contribution < -0.4 is 19.5 Å². The molecule has 0 saturated heterocycles. The lowest BCUT2D eigenvalue weighted by Gasteiger charge is -2.14. The molecule has 1 N–H and O–H groups in total. The third kappa shape index (κ3) is 3.85. The lowest BCUT2D eigenvalue weighted by molar-refractivity contribution is 0.324. The van der Waals surface area contributed by atoms with Crippen LogP contribution in [0.2, 0.25) is 0 Å². The van der Waals surface area contributed by atoms with Gasteiger partial charge in [-0.25, -0.2) is 9.97 Å². The van der Waals surface area contributed by atoms with Crippen molar-refractivity contribution in [1.82, 2.24) is 9.97 Å². The summed E-state index contributed by atoms with van der Waals surface area (Å²) in [5, 5.41) is 3.24. The van der Waals surface area contributed by atoms with Crippen molar-refractivity contribution in [3.63, 3.8) is 0 Å². The Kier molecular flexibility index (Phi) is 5.53. The second-order valence-corrected chi connectivity index (χ2v) is 5.52. The van der Waals surface area contributed by atoms with Gasteiger partial charge in [0.05, 0.1) is 27.0 Å². The summed E-state index contributed by atoms with van der Waals surface area (Å²) in [7, 11) is 4.76. The van der Waals surface area contributed by atoms with Crippen molar-refractivity contribution >= 4 is 5.95 Å². The van der Waals surface area contributed by atoms with Crippen molar-refractivity contribution in [2.45, 2.75) is 6.54 Å². The first-order chi connectivity index (χ1) is 12.7. The molecular weight excluding hydrogens is 330 g/mol. The quantitative estimate of drug-likeness (QED) is 0.699. The van der Waals surface area contributed by atoms with E-state index in [0.717, 1.165) is 16.8 Å². The predicted octanol–water partition coefficient (Wildman–Crippen LogP) is 3.78. The zero-order valence-electron chi connectivity index (χ0n) is 15.0. The molecule has 0 aliphatic rings. The lowest BCUT2D eigenvalue weighted by Crippen LogP contribution is -2.04. The van der Waals surface area contributed by atoms with Crippen LogP contribution in [0.5, 0.6) is 17.2 Å². The minimum absolute atomic E-state index is 0.551. The number of anilines is 1. The van der Waals surface area contributed by atoms with Gasteiger partial charge in [-0.15, -0.1) is 0 Å². The molecule has 0 fully saturated rings. The molecule has 3 rings (SSSR count). The SMILES string of the molecule is COc1cc(-c2ccnc(NCc3ccccc3)n2)cc(OC)c1OC. The fourth-order valence-electron chi connectivity index (χ4n) is 2.61. The molecule has 0 saturated carbocycles. The molecule has 1 aromatic heterocycles. The van der Waals surface area contributed by atoms with Crippen LogP contribution in [0.15, 0.2) is 54.7 Å². The summed E-state index contributed by atoms with van der Waals surface area (Å²) < 4.78 is 16.2. The Balaban J connectivity index is 1.88. The Labute approximate surface area is 152 Å². The largest absolute Gasteiger partial charge is 0.493 e. The normalized spacial score (nSPS) is 10.3. The Morgan fingerprint density at radius 3 is 2.19 bits per heavy atom. The van der Waals surface area contributed by atoms with Crippen LogP contribution in [-0.4, -0.2) is 31.3 Å². The fourth-order valence-corrected chi connectivity index (χ4v) is 2.61. The Morgan fingerprint density at radius 2 is 1.58 bits per heavy atom. The van der Waals surface area contributed by atoms with E-state index in [0.29, 0.717) is 29.7 Å². The van der Waals surface area contributed by atoms with Crippen LogP contribution >= 0.6 is 0 Å². The van der Waals surface area contributed by atoms with Gasteiger partial charge in [0.15, 0.2) is 11.5 Å². The van der Waals surface area contributed by atoms with E-state index >= 15 is 0 Å². The molecular formula is C20H21N3O3. The number of hydrogen-bond acceptors (Lipinski definition) is 6. The van der Waals surface area contributed by atoms with Crippen LogP contribution in [0, 0.1) is 0 Å². The molecule has 0 atom stereocenters. The molecule has 0 aliphatic heterocycles. The summed E-state index contributed by atoms with van der Waals surface area (Å²) in [6.45, 7) is 0.652. The van der Waals surface area contributed by atoms with Gasteiger partial charge in [0.1, 0.15) is 0 Å². The predicted molar refractivity (Wildman–Crippen MR) is 101 cm³/mol. The van der Waals surface area contributed by atoms with Crippen LogP contribution in [0.25, 0.3) is 11.3 Å². The van der Waals surface area contributed by atoms with E-state index < -0.39 is 0 Å². The number of aromatic nitrogens is 2. The molecule has 0 unspecified atom stereocenters. The van der Waals surface area contributed by atoms with E-state index in [2.05, 4.69) is 27.4 Å². The summed E-state index contributed by atoms with van der Waals surface area (Å²) >= 11 is 0. The highest BCUT2D eigenvalue weighted by Crippen LogP contribution is 2.40. The molecule has 0 amide bonds. The van der Waals surface area contributed by atoms with Gasteiger partial charge in [-0.05, 0) is 23.8 Å². The standard InChI is InChI=1S/C20H21N3O3/c1-24-17-11-15(12-18(25-2)19(17)26-3)16-9-10-21-20(23-16)22-13-14-7-5-4-6-8-14/h4-12H,13H2,1-3H3,(H,21,22,23). The van der Waals surface area contributed by atoms with Crippen molar-refractivity contribution in [3.8, 4) is 28.5 Å². The summed E-state index contributed by atoms with van der Waals surface area (Å²) in [6, 6.07) is 15.7. The number of ether oxygens (including phenoxy) is 3. The smallest absolute Gasteiger partial charge is 0.223 e. The number of hydrogen-bond donors (Lipinski definition) is 1. The summed E-state index contributed by atoms with van der Waals surface area (Å²) in [6.07, 6.45) is 1.72. The average Bonchev–Trinajstić information content (AvgIpc) is 2.72. The van der Waals surface area contributed by atoms with Crippen LogP contribution in [-0.2, 0) is 6.54 Å². The van der Waals surface area contributed by atoms with Crippen LogP contribution in [0.4, 0.5) is 5.95 Å². The number of benzene rings is 2. The summed E-state index contributed by atoms with van der Waals surface area (Å²) in [5.41, 5.74) is 2.77. The maximum atomic E-state index is 5.41. The van der Waals surface area contributed by atoms with Crippen molar-refractivity contribution in [3.05, 3.63) is 60.3 Å². The average molecular weight is 351 g/mol. The maximum absolute atomic E-state index is 5.41. The van der Waals surface area contributed by atoms with E-state index in [1.807, 2.05) is 36.4 Å². The third-order valence-corrected chi connectivity index (χ3v) is 3.91. The van der Waals surface area contributed by atoms with Gasteiger partial charge >= 0.3 is 0 Å². The monoisotopic (exact) mass is 351 g/mol. The van der Waals surface area contributed by atoms with Crippen molar-refractivity contribution in [1.29, 1.82) is 0 Å². The molecule has 1 heterocycles. The fraction of sp³-hybridized carbons (Fsp3) is 0.200. The molecule has 0 aliphatic carbocycles. The number of methoxy groups -OCH3 is 3. The zero-order valence-corrected chi connectivity index (χ0v) is 15.0. The van der Waals surface area contributed by atoms with Gasteiger partial charge < -0.3 is 19.5 Å². The summed E-state index contributed by atoms with van der Waals surface area (Å²) in [4.78, 5) is 8.88. The van der Waals surface area contributed by atoms with E-state index in [4.69, 9.17) is 14.2 Å². The molecule has 0 bridgehead atoms. The van der Waals surface area contributed by atoms with Gasteiger partial charge in [-0.2, -0.15) is 0 Å².